The molecule has 1 rings (SSSR count). The molecule has 386 valence electrons. The van der Waals surface area contributed by atoms with Crippen LogP contribution in [0.5, 0.6) is 0 Å². The zero-order valence-corrected chi connectivity index (χ0v) is 44.5. The standard InChI is InChI=1S/C49H94O5S.C7H16N2O/c1-5-9-13-17-21-23-24-26-28-32-36-45(35-31-27-25-22-18-14-10-6-2)43-53-48(51)40-42-55-44-46(39-41-50)49(52)54-47(37-33-29-19-15-11-7-3)38-34-30-20-16-12-8-4;8-2-1-3-9-4-6-10-7-5-9/h41,45-47H,5-40,42-44H2,1-4H3;1-8H2. The van der Waals surface area contributed by atoms with Gasteiger partial charge < -0.3 is 24.7 Å². The molecule has 65 heavy (non-hydrogen) atoms. The molecule has 0 aromatic carbocycles. The lowest BCUT2D eigenvalue weighted by Crippen LogP contribution is -2.37. The maximum Gasteiger partial charge on any atom is 0.310 e. The summed E-state index contributed by atoms with van der Waals surface area (Å²) in [4.78, 5) is 40.1. The van der Waals surface area contributed by atoms with Crippen LogP contribution < -0.4 is 5.73 Å². The predicted molar refractivity (Wildman–Crippen MR) is 281 cm³/mol. The molecule has 1 heterocycles. The molecule has 0 radical (unpaired) electrons. The highest BCUT2D eigenvalue weighted by Crippen LogP contribution is 2.23. The van der Waals surface area contributed by atoms with Gasteiger partial charge in [0.05, 0.1) is 32.2 Å². The van der Waals surface area contributed by atoms with E-state index in [2.05, 4.69) is 32.6 Å². The summed E-state index contributed by atoms with van der Waals surface area (Å²) < 4.78 is 17.2. The lowest BCUT2D eigenvalue weighted by Gasteiger charge is -2.26. The predicted octanol–water partition coefficient (Wildman–Crippen LogP) is 15.4. The lowest BCUT2D eigenvalue weighted by molar-refractivity contribution is -0.154. The maximum absolute atomic E-state index is 13.3. The first-order valence-corrected chi connectivity index (χ1v) is 29.5. The first-order valence-electron chi connectivity index (χ1n) is 28.3. The Morgan fingerprint density at radius 2 is 1.02 bits per heavy atom. The fourth-order valence-corrected chi connectivity index (χ4v) is 9.81. The van der Waals surface area contributed by atoms with Gasteiger partial charge in [0.25, 0.3) is 0 Å². The average molecular weight is 940 g/mol. The Hall–Kier alpha value is -1.16. The average Bonchev–Trinajstić information content (AvgIpc) is 3.32. The molecule has 1 fully saturated rings. The summed E-state index contributed by atoms with van der Waals surface area (Å²) in [6.45, 7) is 15.5. The molecule has 1 saturated heterocycles. The number of hydrogen-bond acceptors (Lipinski definition) is 9. The van der Waals surface area contributed by atoms with Gasteiger partial charge >= 0.3 is 11.9 Å². The third-order valence-corrected chi connectivity index (χ3v) is 14.4. The molecule has 2 unspecified atom stereocenters. The van der Waals surface area contributed by atoms with E-state index < -0.39 is 5.92 Å². The van der Waals surface area contributed by atoms with Crippen molar-refractivity contribution >= 4 is 30.0 Å². The molecule has 0 bridgehead atoms. The molecule has 0 aromatic heterocycles. The topological polar surface area (TPSA) is 108 Å². The summed E-state index contributed by atoms with van der Waals surface area (Å²) in [5, 5.41) is 0. The zero-order chi connectivity index (χ0) is 47.5. The molecule has 2 N–H and O–H groups in total. The largest absolute Gasteiger partial charge is 0.465 e. The molecule has 1 aliphatic rings. The van der Waals surface area contributed by atoms with Crippen molar-refractivity contribution in [1.29, 1.82) is 0 Å². The highest BCUT2D eigenvalue weighted by molar-refractivity contribution is 7.99. The maximum atomic E-state index is 13.3. The van der Waals surface area contributed by atoms with Crippen LogP contribution in [-0.2, 0) is 28.6 Å². The van der Waals surface area contributed by atoms with Crippen LogP contribution >= 0.6 is 11.8 Å². The van der Waals surface area contributed by atoms with Crippen molar-refractivity contribution in [3.05, 3.63) is 0 Å². The summed E-state index contributed by atoms with van der Waals surface area (Å²) >= 11 is 1.57. The van der Waals surface area contributed by atoms with E-state index in [-0.39, 0.29) is 24.5 Å². The second kappa shape index (κ2) is 52.2. The van der Waals surface area contributed by atoms with Gasteiger partial charge in [0.1, 0.15) is 12.4 Å². The molecular weight excluding hydrogens is 829 g/mol. The van der Waals surface area contributed by atoms with E-state index in [4.69, 9.17) is 19.9 Å². The van der Waals surface area contributed by atoms with Crippen molar-refractivity contribution in [2.24, 2.45) is 17.6 Å². The van der Waals surface area contributed by atoms with Crippen molar-refractivity contribution in [2.45, 2.75) is 271 Å². The molecule has 0 amide bonds. The third kappa shape index (κ3) is 45.1. The number of thioether (sulfide) groups is 1. The number of aldehydes is 1. The molecule has 9 heteroatoms. The van der Waals surface area contributed by atoms with E-state index >= 15 is 0 Å². The molecule has 0 aliphatic carbocycles. The monoisotopic (exact) mass is 939 g/mol. The first kappa shape index (κ1) is 63.8. The SMILES string of the molecule is CCCCCCCCCCCCC(CCCCCCCCCC)COC(=O)CCSCC(CC=O)C(=O)OC(CCCCCCCC)CCCCCCCC.NCCCN1CCOCC1. The Morgan fingerprint density at radius 1 is 0.600 bits per heavy atom. The Balaban J connectivity index is 0.00000357. The molecule has 0 spiro atoms. The normalized spacial score (nSPS) is 13.9. The van der Waals surface area contributed by atoms with E-state index in [1.807, 2.05) is 0 Å². The molecule has 2 atom stereocenters. The summed E-state index contributed by atoms with van der Waals surface area (Å²) in [6.07, 6.45) is 45.3. The van der Waals surface area contributed by atoms with Gasteiger partial charge in [-0.1, -0.05) is 207 Å². The second-order valence-electron chi connectivity index (χ2n) is 19.5. The molecule has 0 aromatic rings. The Labute approximate surface area is 408 Å². The Bertz CT molecular complexity index is 982. The first-order chi connectivity index (χ1) is 31.9. The summed E-state index contributed by atoms with van der Waals surface area (Å²) in [6, 6.07) is 0. The van der Waals surface area contributed by atoms with Crippen molar-refractivity contribution in [1.82, 2.24) is 4.90 Å². The van der Waals surface area contributed by atoms with Gasteiger partial charge in [-0.05, 0) is 64.0 Å². The molecular formula is C56H110N2O6S. The van der Waals surface area contributed by atoms with E-state index in [0.717, 1.165) is 90.6 Å². The van der Waals surface area contributed by atoms with Crippen LogP contribution in [0.15, 0.2) is 0 Å². The minimum absolute atomic E-state index is 0.0574. The number of morpholine rings is 1. The van der Waals surface area contributed by atoms with Gasteiger partial charge in [0, 0.05) is 31.0 Å². The number of esters is 2. The van der Waals surface area contributed by atoms with Gasteiger partial charge in [-0.15, -0.1) is 0 Å². The highest BCUT2D eigenvalue weighted by atomic mass is 32.2. The molecule has 0 saturated carbocycles. The minimum atomic E-state index is -0.452. The smallest absolute Gasteiger partial charge is 0.310 e. The Kier molecular flexibility index (Phi) is 51.3. The second-order valence-corrected chi connectivity index (χ2v) is 20.6. The van der Waals surface area contributed by atoms with Gasteiger partial charge in [0.15, 0.2) is 0 Å². The van der Waals surface area contributed by atoms with Crippen LogP contribution in [-0.4, -0.2) is 86.7 Å². The van der Waals surface area contributed by atoms with E-state index in [1.165, 1.54) is 180 Å². The third-order valence-electron chi connectivity index (χ3n) is 13.2. The van der Waals surface area contributed by atoms with Crippen molar-refractivity contribution in [3.63, 3.8) is 0 Å². The Morgan fingerprint density at radius 3 is 1.43 bits per heavy atom. The number of carbonyl (C=O) groups excluding carboxylic acids is 3. The van der Waals surface area contributed by atoms with Crippen LogP contribution in [0.1, 0.15) is 265 Å². The van der Waals surface area contributed by atoms with Gasteiger partial charge in [-0.3, -0.25) is 14.5 Å². The van der Waals surface area contributed by atoms with Gasteiger partial charge in [-0.25, -0.2) is 0 Å². The fourth-order valence-electron chi connectivity index (χ4n) is 8.78. The number of ether oxygens (including phenoxy) is 3. The number of unbranched alkanes of at least 4 members (excludes halogenated alkanes) is 26. The summed E-state index contributed by atoms with van der Waals surface area (Å²) in [7, 11) is 0. The summed E-state index contributed by atoms with van der Waals surface area (Å²) in [5.74, 6) is 0.738. The molecule has 1 aliphatic heterocycles. The van der Waals surface area contributed by atoms with Crippen LogP contribution in [0.2, 0.25) is 0 Å². The molecule has 8 nitrogen and oxygen atoms in total. The summed E-state index contributed by atoms with van der Waals surface area (Å²) in [5.41, 5.74) is 5.39. The van der Waals surface area contributed by atoms with Gasteiger partial charge in [0.2, 0.25) is 0 Å². The lowest BCUT2D eigenvalue weighted by atomic mass is 9.94. The van der Waals surface area contributed by atoms with Crippen molar-refractivity contribution in [2.75, 3.05) is 57.5 Å². The van der Waals surface area contributed by atoms with Gasteiger partial charge in [-0.2, -0.15) is 11.8 Å². The number of nitrogens with two attached hydrogens (primary N) is 1. The van der Waals surface area contributed by atoms with Crippen molar-refractivity contribution in [3.8, 4) is 0 Å². The van der Waals surface area contributed by atoms with Crippen LogP contribution in [0.3, 0.4) is 0 Å². The van der Waals surface area contributed by atoms with Crippen LogP contribution in [0.25, 0.3) is 0 Å². The quantitative estimate of drug-likeness (QED) is 0.0362. The number of carbonyl (C=O) groups is 3. The fraction of sp³-hybridized carbons (Fsp3) is 0.946. The van der Waals surface area contributed by atoms with Crippen LogP contribution in [0.4, 0.5) is 0 Å². The number of rotatable bonds is 48. The van der Waals surface area contributed by atoms with E-state index in [0.29, 0.717) is 30.5 Å². The van der Waals surface area contributed by atoms with E-state index in [1.54, 1.807) is 11.8 Å². The van der Waals surface area contributed by atoms with E-state index in [9.17, 15) is 14.4 Å². The minimum Gasteiger partial charge on any atom is -0.465 e. The number of hydrogen-bond donors (Lipinski definition) is 1. The zero-order valence-electron chi connectivity index (χ0n) is 43.7. The highest BCUT2D eigenvalue weighted by Gasteiger charge is 2.24. The number of nitrogens with zero attached hydrogens (tertiary/aromatic N) is 1. The van der Waals surface area contributed by atoms with Crippen LogP contribution in [0, 0.1) is 11.8 Å². The van der Waals surface area contributed by atoms with Crippen molar-refractivity contribution < 1.29 is 28.6 Å².